The Morgan fingerprint density at radius 3 is 2.42 bits per heavy atom. The summed E-state index contributed by atoms with van der Waals surface area (Å²) in [5, 5.41) is 28.6. The van der Waals surface area contributed by atoms with E-state index in [1.807, 2.05) is 0 Å². The lowest BCUT2D eigenvalue weighted by molar-refractivity contribution is -0.0560. The monoisotopic (exact) mass is 272 g/mol. The van der Waals surface area contributed by atoms with Crippen LogP contribution in [0.2, 0.25) is 0 Å². The van der Waals surface area contributed by atoms with Gasteiger partial charge in [-0.25, -0.2) is 4.79 Å². The molecule has 0 spiro atoms. The molecule has 0 unspecified atom stereocenters. The van der Waals surface area contributed by atoms with Crippen molar-refractivity contribution in [3.63, 3.8) is 0 Å². The molecule has 0 aromatic carbocycles. The lowest BCUT2D eigenvalue weighted by Gasteiger charge is -2.20. The molecule has 4 N–H and O–H groups in total. The van der Waals surface area contributed by atoms with Gasteiger partial charge in [0.2, 0.25) is 0 Å². The number of hydrogen-bond acceptors (Lipinski definition) is 6. The second-order valence-electron chi connectivity index (χ2n) is 4.57. The smallest absolute Gasteiger partial charge is 0.330 e. The minimum absolute atomic E-state index is 0.317. The molecule has 0 saturated carbocycles. The lowest BCUT2D eigenvalue weighted by Crippen LogP contribution is -2.40. The van der Waals surface area contributed by atoms with Crippen molar-refractivity contribution in [2.75, 3.05) is 6.61 Å². The molecule has 1 fully saturated rings. The Labute approximate surface area is 107 Å². The largest absolute Gasteiger partial charge is 0.394 e. The summed E-state index contributed by atoms with van der Waals surface area (Å²) in [6.45, 7) is 2.59. The van der Waals surface area contributed by atoms with Crippen LogP contribution in [-0.4, -0.2) is 49.8 Å². The summed E-state index contributed by atoms with van der Waals surface area (Å²) in [4.78, 5) is 25.4. The Kier molecular flexibility index (Phi) is 3.59. The zero-order valence-corrected chi connectivity index (χ0v) is 10.5. The third-order valence-corrected chi connectivity index (χ3v) is 3.46. The highest BCUT2D eigenvalue weighted by Gasteiger charge is 2.44. The third kappa shape index (κ3) is 2.12. The summed E-state index contributed by atoms with van der Waals surface area (Å²) in [6, 6.07) is 0. The van der Waals surface area contributed by atoms with E-state index in [0.717, 1.165) is 4.57 Å². The van der Waals surface area contributed by atoms with E-state index in [1.165, 1.54) is 6.92 Å². The molecule has 1 aromatic heterocycles. The first-order chi connectivity index (χ1) is 8.88. The highest BCUT2D eigenvalue weighted by Crippen LogP contribution is 2.28. The van der Waals surface area contributed by atoms with E-state index in [4.69, 9.17) is 9.84 Å². The van der Waals surface area contributed by atoms with Crippen LogP contribution >= 0.6 is 0 Å². The van der Waals surface area contributed by atoms with Gasteiger partial charge in [-0.15, -0.1) is 0 Å². The molecular weight excluding hydrogens is 256 g/mol. The molecule has 2 rings (SSSR count). The predicted molar refractivity (Wildman–Crippen MR) is 63.8 cm³/mol. The molecular formula is C11H16N2O6. The van der Waals surface area contributed by atoms with Gasteiger partial charge in [0.05, 0.1) is 6.61 Å². The Balaban J connectivity index is 2.52. The number of nitrogens with zero attached hydrogens (tertiary/aromatic N) is 1. The number of H-pyrrole nitrogens is 1. The van der Waals surface area contributed by atoms with Gasteiger partial charge in [-0.1, -0.05) is 0 Å². The van der Waals surface area contributed by atoms with Gasteiger partial charge in [0.25, 0.3) is 5.56 Å². The topological polar surface area (TPSA) is 125 Å². The van der Waals surface area contributed by atoms with E-state index in [0.29, 0.717) is 11.3 Å². The average molecular weight is 272 g/mol. The molecule has 0 bridgehead atoms. The molecule has 1 aliphatic rings. The molecule has 106 valence electrons. The Bertz CT molecular complexity index is 592. The number of hydrogen-bond donors (Lipinski definition) is 4. The zero-order valence-electron chi connectivity index (χ0n) is 10.5. The fourth-order valence-electron chi connectivity index (χ4n) is 2.15. The number of aliphatic hydroxyl groups excluding tert-OH is 3. The first-order valence-corrected chi connectivity index (χ1v) is 5.83. The molecule has 8 nitrogen and oxygen atoms in total. The normalized spacial score (nSPS) is 30.8. The Morgan fingerprint density at radius 1 is 1.26 bits per heavy atom. The van der Waals surface area contributed by atoms with Crippen molar-refractivity contribution in [3.05, 3.63) is 32.1 Å². The third-order valence-electron chi connectivity index (χ3n) is 3.46. The maximum atomic E-state index is 11.8. The van der Waals surface area contributed by atoms with Crippen molar-refractivity contribution >= 4 is 0 Å². The highest BCUT2D eigenvalue weighted by molar-refractivity contribution is 5.15. The van der Waals surface area contributed by atoms with Gasteiger partial charge in [0, 0.05) is 11.3 Å². The number of rotatable bonds is 2. The molecule has 1 aromatic rings. The van der Waals surface area contributed by atoms with Crippen molar-refractivity contribution in [3.8, 4) is 0 Å². The van der Waals surface area contributed by atoms with Crippen LogP contribution < -0.4 is 11.2 Å². The van der Waals surface area contributed by atoms with Gasteiger partial charge in [0.15, 0.2) is 6.23 Å². The minimum atomic E-state index is -1.36. The zero-order chi connectivity index (χ0) is 14.3. The summed E-state index contributed by atoms with van der Waals surface area (Å²) in [6.07, 6.45) is -4.78. The van der Waals surface area contributed by atoms with Crippen LogP contribution in [0.5, 0.6) is 0 Å². The molecule has 2 heterocycles. The number of aromatic nitrogens is 2. The number of aromatic amines is 1. The van der Waals surface area contributed by atoms with Crippen molar-refractivity contribution < 1.29 is 20.1 Å². The van der Waals surface area contributed by atoms with Gasteiger partial charge < -0.3 is 20.1 Å². The summed E-state index contributed by atoms with van der Waals surface area (Å²) < 4.78 is 6.34. The maximum Gasteiger partial charge on any atom is 0.330 e. The Morgan fingerprint density at radius 2 is 1.89 bits per heavy atom. The summed E-state index contributed by atoms with van der Waals surface area (Å²) in [5.41, 5.74) is -0.589. The predicted octanol–water partition coefficient (Wildman–Crippen LogP) is -2.24. The van der Waals surface area contributed by atoms with Crippen LogP contribution in [0.1, 0.15) is 17.5 Å². The van der Waals surface area contributed by atoms with Crippen LogP contribution in [0.3, 0.4) is 0 Å². The van der Waals surface area contributed by atoms with Crippen LogP contribution in [-0.2, 0) is 4.74 Å². The maximum absolute atomic E-state index is 11.8. The highest BCUT2D eigenvalue weighted by atomic mass is 16.6. The van der Waals surface area contributed by atoms with E-state index < -0.39 is 42.4 Å². The second-order valence-corrected chi connectivity index (χ2v) is 4.57. The first-order valence-electron chi connectivity index (χ1n) is 5.83. The van der Waals surface area contributed by atoms with Crippen LogP contribution in [0.4, 0.5) is 0 Å². The van der Waals surface area contributed by atoms with E-state index >= 15 is 0 Å². The molecule has 0 aliphatic carbocycles. The van der Waals surface area contributed by atoms with Gasteiger partial charge in [-0.05, 0) is 13.8 Å². The standard InChI is InChI=1S/C11H16N2O6/c1-4-5(2)13(11(18)12-9(4)17)10-8(16)7(15)6(3-14)19-10/h6-8,10,14-16H,3H2,1-2H3,(H,12,17,18)/t6-,7-,8+,10-/m1/s1. The molecule has 1 aliphatic heterocycles. The van der Waals surface area contributed by atoms with Crippen molar-refractivity contribution in [1.29, 1.82) is 0 Å². The van der Waals surface area contributed by atoms with Gasteiger partial charge in [-0.3, -0.25) is 14.3 Å². The second kappa shape index (κ2) is 4.89. The molecule has 0 radical (unpaired) electrons. The van der Waals surface area contributed by atoms with Gasteiger partial charge in [-0.2, -0.15) is 0 Å². The van der Waals surface area contributed by atoms with Gasteiger partial charge >= 0.3 is 5.69 Å². The summed E-state index contributed by atoms with van der Waals surface area (Å²) >= 11 is 0. The SMILES string of the molecule is Cc1c(C)n([C@@H]2O[C@H](CO)[C@@H](O)[C@@H]2O)c(=O)[nH]c1=O. The number of ether oxygens (including phenoxy) is 1. The average Bonchev–Trinajstić information content (AvgIpc) is 2.64. The molecule has 0 amide bonds. The van der Waals surface area contributed by atoms with Crippen LogP contribution in [0.15, 0.2) is 9.59 Å². The van der Waals surface area contributed by atoms with E-state index in [1.54, 1.807) is 6.92 Å². The van der Waals surface area contributed by atoms with E-state index in [9.17, 15) is 19.8 Å². The molecule has 1 saturated heterocycles. The fraction of sp³-hybridized carbons (Fsp3) is 0.636. The number of nitrogens with one attached hydrogen (secondary N) is 1. The van der Waals surface area contributed by atoms with E-state index in [-0.39, 0.29) is 0 Å². The quantitative estimate of drug-likeness (QED) is 0.482. The van der Waals surface area contributed by atoms with Crippen molar-refractivity contribution in [2.45, 2.75) is 38.4 Å². The molecule has 8 heteroatoms. The van der Waals surface area contributed by atoms with Gasteiger partial charge in [0.1, 0.15) is 18.3 Å². The van der Waals surface area contributed by atoms with Crippen LogP contribution in [0, 0.1) is 13.8 Å². The molecule has 19 heavy (non-hydrogen) atoms. The Hall–Kier alpha value is -1.48. The lowest BCUT2D eigenvalue weighted by atomic mass is 10.1. The summed E-state index contributed by atoms with van der Waals surface area (Å²) in [5.74, 6) is 0. The summed E-state index contributed by atoms with van der Waals surface area (Å²) in [7, 11) is 0. The first kappa shape index (κ1) is 13.9. The van der Waals surface area contributed by atoms with E-state index in [2.05, 4.69) is 4.98 Å². The number of aliphatic hydroxyl groups is 3. The van der Waals surface area contributed by atoms with Crippen molar-refractivity contribution in [2.24, 2.45) is 0 Å². The fourth-order valence-corrected chi connectivity index (χ4v) is 2.15. The van der Waals surface area contributed by atoms with Crippen LogP contribution in [0.25, 0.3) is 0 Å². The molecule has 4 atom stereocenters. The minimum Gasteiger partial charge on any atom is -0.394 e. The van der Waals surface area contributed by atoms with Crippen molar-refractivity contribution in [1.82, 2.24) is 9.55 Å².